The molecule has 198 valence electrons. The van der Waals surface area contributed by atoms with Crippen LogP contribution in [-0.2, 0) is 19.0 Å². The number of hydrogen-bond donors (Lipinski definition) is 0. The second kappa shape index (κ2) is 14.0. The Bertz CT molecular complexity index is 1210. The van der Waals surface area contributed by atoms with E-state index in [2.05, 4.69) is 9.97 Å². The number of carbonyl (C=O) groups is 1. The summed E-state index contributed by atoms with van der Waals surface area (Å²) < 4.78 is 38.7. The van der Waals surface area contributed by atoms with Crippen LogP contribution in [-0.4, -0.2) is 69.8 Å². The molecule has 2 aromatic carbocycles. The van der Waals surface area contributed by atoms with Crippen molar-refractivity contribution < 1.29 is 38.0 Å². The summed E-state index contributed by atoms with van der Waals surface area (Å²) in [6, 6.07) is 8.81. The molecule has 0 aliphatic rings. The number of ether oxygens (including phenoxy) is 7. The maximum atomic E-state index is 11.8. The molecule has 1 aromatic heterocycles. The summed E-state index contributed by atoms with van der Waals surface area (Å²) in [6.45, 7) is 5.11. The molecular formula is C27H32N2O8. The normalized spacial score (nSPS) is 11.2. The van der Waals surface area contributed by atoms with Gasteiger partial charge in [-0.3, -0.25) is 0 Å². The first-order chi connectivity index (χ1) is 17.9. The molecule has 10 nitrogen and oxygen atoms in total. The summed E-state index contributed by atoms with van der Waals surface area (Å²) in [5.41, 5.74) is 1.35. The Morgan fingerprint density at radius 1 is 0.865 bits per heavy atom. The number of benzene rings is 2. The van der Waals surface area contributed by atoms with Crippen molar-refractivity contribution in [2.45, 2.75) is 20.0 Å². The predicted molar refractivity (Wildman–Crippen MR) is 138 cm³/mol. The minimum atomic E-state index is -0.421. The summed E-state index contributed by atoms with van der Waals surface area (Å²) in [5.74, 6) is 1.81. The molecule has 0 saturated heterocycles. The van der Waals surface area contributed by atoms with E-state index in [9.17, 15) is 4.79 Å². The lowest BCUT2D eigenvalue weighted by Crippen LogP contribution is -2.09. The number of methoxy groups -OCH3 is 3. The monoisotopic (exact) mass is 512 g/mol. The van der Waals surface area contributed by atoms with E-state index < -0.39 is 5.97 Å². The summed E-state index contributed by atoms with van der Waals surface area (Å²) >= 11 is 0. The average molecular weight is 513 g/mol. The number of aromatic nitrogens is 2. The van der Waals surface area contributed by atoms with Gasteiger partial charge in [0, 0.05) is 26.4 Å². The van der Waals surface area contributed by atoms with Gasteiger partial charge in [0.1, 0.15) is 19.5 Å². The third kappa shape index (κ3) is 8.06. The number of hydrogen-bond acceptors (Lipinski definition) is 10. The molecule has 3 rings (SSSR count). The van der Waals surface area contributed by atoms with Crippen molar-refractivity contribution in [2.75, 3.05) is 47.8 Å². The molecule has 0 fully saturated rings. The number of rotatable bonds is 14. The van der Waals surface area contributed by atoms with E-state index in [1.165, 1.54) is 19.5 Å². The molecule has 0 amide bonds. The fourth-order valence-corrected chi connectivity index (χ4v) is 3.23. The molecule has 10 heteroatoms. The number of fused-ring (bicyclic) bond motifs is 1. The van der Waals surface area contributed by atoms with Crippen molar-refractivity contribution in [1.82, 2.24) is 9.97 Å². The molecule has 37 heavy (non-hydrogen) atoms. The van der Waals surface area contributed by atoms with Gasteiger partial charge in [-0.2, -0.15) is 0 Å². The third-order valence-electron chi connectivity index (χ3n) is 4.91. The lowest BCUT2D eigenvalue weighted by Gasteiger charge is -2.15. The zero-order chi connectivity index (χ0) is 26.6. The van der Waals surface area contributed by atoms with Gasteiger partial charge in [-0.1, -0.05) is 6.07 Å². The first-order valence-corrected chi connectivity index (χ1v) is 11.7. The van der Waals surface area contributed by atoms with E-state index in [0.29, 0.717) is 66.2 Å². The fraction of sp³-hybridized carbons (Fsp3) is 0.370. The summed E-state index contributed by atoms with van der Waals surface area (Å²) in [7, 11) is 4.74. The highest BCUT2D eigenvalue weighted by molar-refractivity contribution is 5.88. The molecule has 0 saturated carbocycles. The Balaban J connectivity index is 1.90. The van der Waals surface area contributed by atoms with E-state index in [1.807, 2.05) is 0 Å². The van der Waals surface area contributed by atoms with Crippen molar-refractivity contribution in [2.24, 2.45) is 0 Å². The minimum absolute atomic E-state index is 0.191. The molecule has 0 bridgehead atoms. The number of carbonyl (C=O) groups excluding carboxylic acids is 1. The van der Waals surface area contributed by atoms with Crippen LogP contribution in [0.25, 0.3) is 17.0 Å². The van der Waals surface area contributed by atoms with Crippen LogP contribution in [0.4, 0.5) is 0 Å². The zero-order valence-electron chi connectivity index (χ0n) is 21.7. The topological polar surface area (TPSA) is 107 Å². The zero-order valence-corrected chi connectivity index (χ0v) is 21.7. The van der Waals surface area contributed by atoms with Crippen molar-refractivity contribution >= 4 is 22.9 Å². The van der Waals surface area contributed by atoms with Crippen LogP contribution in [0, 0.1) is 0 Å². The van der Waals surface area contributed by atoms with Crippen molar-refractivity contribution in [3.63, 3.8) is 0 Å². The summed E-state index contributed by atoms with van der Waals surface area (Å²) in [4.78, 5) is 20.5. The first-order valence-electron chi connectivity index (χ1n) is 11.7. The standard InChI is InChI=1S/C27H32N2O8/c1-18(2)36-26(30)9-7-19-6-8-22(23(14-19)33-5)37-27-20-15-24(34-12-10-31-3)25(35-13-11-32-4)16-21(20)28-17-29-27/h6-9,14-18H,10-13H2,1-5H3. The number of nitrogens with zero attached hydrogens (tertiary/aromatic N) is 2. The van der Waals surface area contributed by atoms with E-state index in [1.54, 1.807) is 64.5 Å². The summed E-state index contributed by atoms with van der Waals surface area (Å²) in [6.07, 6.45) is 4.23. The van der Waals surface area contributed by atoms with Gasteiger partial charge in [0.2, 0.25) is 5.88 Å². The molecule has 0 radical (unpaired) electrons. The lowest BCUT2D eigenvalue weighted by atomic mass is 10.2. The molecule has 0 aliphatic carbocycles. The minimum Gasteiger partial charge on any atom is -0.493 e. The predicted octanol–water partition coefficient (Wildman–Crippen LogP) is 4.45. The highest BCUT2D eigenvalue weighted by Gasteiger charge is 2.16. The van der Waals surface area contributed by atoms with Gasteiger partial charge in [0.15, 0.2) is 23.0 Å². The molecule has 0 unspecified atom stereocenters. The van der Waals surface area contributed by atoms with Gasteiger partial charge < -0.3 is 33.2 Å². The Kier molecular flexibility index (Phi) is 10.5. The van der Waals surface area contributed by atoms with Crippen LogP contribution in [0.3, 0.4) is 0 Å². The quantitative estimate of drug-likeness (QED) is 0.175. The van der Waals surface area contributed by atoms with Gasteiger partial charge in [0.05, 0.1) is 37.3 Å². The van der Waals surface area contributed by atoms with Crippen LogP contribution in [0.2, 0.25) is 0 Å². The molecule has 0 atom stereocenters. The van der Waals surface area contributed by atoms with E-state index in [0.717, 1.165) is 5.56 Å². The Morgan fingerprint density at radius 3 is 2.22 bits per heavy atom. The second-order valence-corrected chi connectivity index (χ2v) is 8.01. The van der Waals surface area contributed by atoms with E-state index >= 15 is 0 Å². The largest absolute Gasteiger partial charge is 0.493 e. The van der Waals surface area contributed by atoms with E-state index in [4.69, 9.17) is 33.2 Å². The number of esters is 1. The Labute approximate surface area is 216 Å². The van der Waals surface area contributed by atoms with Crippen LogP contribution in [0.5, 0.6) is 28.9 Å². The maximum Gasteiger partial charge on any atom is 0.331 e. The molecule has 0 aliphatic heterocycles. The van der Waals surface area contributed by atoms with Crippen LogP contribution < -0.4 is 18.9 Å². The Morgan fingerprint density at radius 2 is 1.57 bits per heavy atom. The molecule has 3 aromatic rings. The SMILES string of the molecule is COCCOc1cc2ncnc(Oc3ccc(C=CC(=O)OC(C)C)cc3OC)c2cc1OCCOC. The van der Waals surface area contributed by atoms with Crippen LogP contribution >= 0.6 is 0 Å². The first kappa shape index (κ1) is 27.7. The van der Waals surface area contributed by atoms with Gasteiger partial charge in [-0.15, -0.1) is 0 Å². The lowest BCUT2D eigenvalue weighted by molar-refractivity contribution is -0.141. The van der Waals surface area contributed by atoms with Gasteiger partial charge >= 0.3 is 5.97 Å². The highest BCUT2D eigenvalue weighted by atomic mass is 16.6. The van der Waals surface area contributed by atoms with Crippen molar-refractivity contribution in [3.05, 3.63) is 48.3 Å². The van der Waals surface area contributed by atoms with Crippen molar-refractivity contribution in [3.8, 4) is 28.9 Å². The van der Waals surface area contributed by atoms with Gasteiger partial charge in [-0.25, -0.2) is 14.8 Å². The van der Waals surface area contributed by atoms with Crippen LogP contribution in [0.15, 0.2) is 42.7 Å². The van der Waals surface area contributed by atoms with Crippen LogP contribution in [0.1, 0.15) is 19.4 Å². The fourth-order valence-electron chi connectivity index (χ4n) is 3.23. The molecular weight excluding hydrogens is 480 g/mol. The second-order valence-electron chi connectivity index (χ2n) is 8.01. The van der Waals surface area contributed by atoms with E-state index in [-0.39, 0.29) is 6.10 Å². The van der Waals surface area contributed by atoms with Gasteiger partial charge in [0.25, 0.3) is 0 Å². The molecule has 1 heterocycles. The average Bonchev–Trinajstić information content (AvgIpc) is 2.88. The molecule has 0 N–H and O–H groups in total. The van der Waals surface area contributed by atoms with Crippen molar-refractivity contribution in [1.29, 1.82) is 0 Å². The maximum absolute atomic E-state index is 11.8. The summed E-state index contributed by atoms with van der Waals surface area (Å²) in [5, 5.41) is 0.622. The highest BCUT2D eigenvalue weighted by Crippen LogP contribution is 2.38. The smallest absolute Gasteiger partial charge is 0.331 e. The Hall–Kier alpha value is -3.89. The molecule has 0 spiro atoms. The van der Waals surface area contributed by atoms with Gasteiger partial charge in [-0.05, 0) is 43.7 Å². The third-order valence-corrected chi connectivity index (χ3v) is 4.91.